The third kappa shape index (κ3) is 2.81. The molecule has 0 saturated heterocycles. The van der Waals surface area contributed by atoms with E-state index in [2.05, 4.69) is 5.32 Å². The van der Waals surface area contributed by atoms with Crippen molar-refractivity contribution in [2.45, 2.75) is 0 Å². The highest BCUT2D eigenvalue weighted by atomic mass is 16.2. The molecule has 0 unspecified atom stereocenters. The fraction of sp³-hybridized carbons (Fsp3) is 0.0476. The van der Waals surface area contributed by atoms with Crippen molar-refractivity contribution >= 4 is 34.2 Å². The van der Waals surface area contributed by atoms with E-state index in [-0.39, 0.29) is 6.54 Å². The predicted molar refractivity (Wildman–Crippen MR) is 99.1 cm³/mol. The van der Waals surface area contributed by atoms with E-state index in [1.165, 1.54) is 0 Å². The Morgan fingerprint density at radius 1 is 0.926 bits per heavy atom. The summed E-state index contributed by atoms with van der Waals surface area (Å²) in [5, 5.41) is 12.9. The summed E-state index contributed by atoms with van der Waals surface area (Å²) < 4.78 is 0. The van der Waals surface area contributed by atoms with Crippen LogP contribution >= 0.6 is 0 Å². The van der Waals surface area contributed by atoms with Gasteiger partial charge in [0.05, 0.1) is 11.6 Å². The summed E-state index contributed by atoms with van der Waals surface area (Å²) in [6.07, 6.45) is 0. The molecule has 0 bridgehead atoms. The number of hydrogen-bond acceptors (Lipinski definition) is 4. The van der Waals surface area contributed by atoms with E-state index >= 15 is 0 Å². The first-order chi connectivity index (χ1) is 13.1. The minimum Gasteiger partial charge on any atom is -0.325 e. The first-order valence-corrected chi connectivity index (χ1v) is 8.26. The Morgan fingerprint density at radius 3 is 2.07 bits per heavy atom. The van der Waals surface area contributed by atoms with E-state index < -0.39 is 17.7 Å². The molecule has 6 nitrogen and oxygen atoms in total. The number of anilines is 1. The summed E-state index contributed by atoms with van der Waals surface area (Å²) in [6.45, 7) is -0.387. The monoisotopic (exact) mass is 355 g/mol. The van der Waals surface area contributed by atoms with Crippen molar-refractivity contribution in [2.24, 2.45) is 0 Å². The van der Waals surface area contributed by atoms with Crippen LogP contribution in [-0.2, 0) is 4.79 Å². The number of carbonyl (C=O) groups is 3. The molecule has 0 radical (unpaired) electrons. The highest BCUT2D eigenvalue weighted by molar-refractivity contribution is 6.26. The second-order valence-electron chi connectivity index (χ2n) is 6.14. The third-order valence-electron chi connectivity index (χ3n) is 4.46. The van der Waals surface area contributed by atoms with E-state index in [9.17, 15) is 14.4 Å². The molecule has 0 atom stereocenters. The van der Waals surface area contributed by atoms with Gasteiger partial charge in [0, 0.05) is 22.2 Å². The molecule has 130 valence electrons. The Labute approximate surface area is 154 Å². The topological polar surface area (TPSA) is 90.3 Å². The van der Waals surface area contributed by atoms with Gasteiger partial charge in [-0.25, -0.2) is 0 Å². The van der Waals surface area contributed by atoms with E-state index in [1.807, 2.05) is 18.2 Å². The molecule has 0 fully saturated rings. The van der Waals surface area contributed by atoms with Gasteiger partial charge in [0.2, 0.25) is 5.91 Å². The van der Waals surface area contributed by atoms with Gasteiger partial charge in [-0.05, 0) is 41.8 Å². The molecular weight excluding hydrogens is 342 g/mol. The van der Waals surface area contributed by atoms with Crippen molar-refractivity contribution in [1.82, 2.24) is 4.90 Å². The number of nitrogens with zero attached hydrogens (tertiary/aromatic N) is 2. The standard InChI is InChI=1S/C21H13N3O3/c22-11-13-7-9-15(10-8-13)23-18(25)12-24-20(26)16-5-1-3-14-4-2-6-17(19(14)16)21(24)27/h1-10H,12H2,(H,23,25). The molecule has 4 rings (SSSR count). The maximum absolute atomic E-state index is 12.8. The van der Waals surface area contributed by atoms with Gasteiger partial charge in [0.15, 0.2) is 0 Å². The van der Waals surface area contributed by atoms with E-state index in [1.54, 1.807) is 48.5 Å². The molecule has 1 heterocycles. The minimum atomic E-state index is -0.493. The number of rotatable bonds is 3. The zero-order valence-corrected chi connectivity index (χ0v) is 14.1. The lowest BCUT2D eigenvalue weighted by Gasteiger charge is -2.26. The van der Waals surface area contributed by atoms with Crippen molar-refractivity contribution in [2.75, 3.05) is 11.9 Å². The SMILES string of the molecule is N#Cc1ccc(NC(=O)CN2C(=O)c3cccc4cccc(c34)C2=O)cc1. The molecule has 0 spiro atoms. The second-order valence-corrected chi connectivity index (χ2v) is 6.14. The average Bonchev–Trinajstić information content (AvgIpc) is 2.70. The fourth-order valence-corrected chi connectivity index (χ4v) is 3.20. The van der Waals surface area contributed by atoms with Gasteiger partial charge in [0.1, 0.15) is 6.54 Å². The maximum atomic E-state index is 12.8. The van der Waals surface area contributed by atoms with Crippen LogP contribution in [-0.4, -0.2) is 29.2 Å². The molecule has 1 aliphatic heterocycles. The van der Waals surface area contributed by atoms with Gasteiger partial charge >= 0.3 is 0 Å². The fourth-order valence-electron chi connectivity index (χ4n) is 3.20. The maximum Gasteiger partial charge on any atom is 0.261 e. The van der Waals surface area contributed by atoms with Crippen LogP contribution in [0.25, 0.3) is 10.8 Å². The molecule has 3 aromatic carbocycles. The van der Waals surface area contributed by atoms with Crippen molar-refractivity contribution in [3.8, 4) is 6.07 Å². The molecule has 0 aromatic heterocycles. The molecule has 3 amide bonds. The van der Waals surface area contributed by atoms with Gasteiger partial charge in [-0.15, -0.1) is 0 Å². The average molecular weight is 355 g/mol. The van der Waals surface area contributed by atoms with Crippen LogP contribution < -0.4 is 5.32 Å². The first kappa shape index (κ1) is 16.5. The van der Waals surface area contributed by atoms with Crippen LogP contribution in [0.1, 0.15) is 26.3 Å². The second kappa shape index (κ2) is 6.39. The lowest BCUT2D eigenvalue weighted by atomic mass is 9.94. The number of carbonyl (C=O) groups excluding carboxylic acids is 3. The van der Waals surface area contributed by atoms with Crippen molar-refractivity contribution < 1.29 is 14.4 Å². The molecule has 0 saturated carbocycles. The van der Waals surface area contributed by atoms with Crippen LogP contribution in [0.5, 0.6) is 0 Å². The quantitative estimate of drug-likeness (QED) is 0.732. The Kier molecular flexibility index (Phi) is 3.90. The summed E-state index contributed by atoms with van der Waals surface area (Å²) in [4.78, 5) is 38.9. The van der Waals surface area contributed by atoms with Crippen molar-refractivity contribution in [3.63, 3.8) is 0 Å². The highest BCUT2D eigenvalue weighted by Gasteiger charge is 2.33. The zero-order valence-electron chi connectivity index (χ0n) is 14.1. The zero-order chi connectivity index (χ0) is 19.0. The Hall–Kier alpha value is -3.98. The van der Waals surface area contributed by atoms with Gasteiger partial charge in [-0.3, -0.25) is 19.3 Å². The normalized spacial score (nSPS) is 12.8. The van der Waals surface area contributed by atoms with Crippen LogP contribution in [0.2, 0.25) is 0 Å². The number of imide groups is 1. The molecule has 1 N–H and O–H groups in total. The number of nitriles is 1. The molecular formula is C21H13N3O3. The Morgan fingerprint density at radius 2 is 1.52 bits per heavy atom. The lowest BCUT2D eigenvalue weighted by molar-refractivity contribution is -0.116. The third-order valence-corrected chi connectivity index (χ3v) is 4.46. The summed E-state index contributed by atoms with van der Waals surface area (Å²) in [5.74, 6) is -1.47. The van der Waals surface area contributed by atoms with Gasteiger partial charge < -0.3 is 5.32 Å². The Bertz CT molecular complexity index is 1090. The van der Waals surface area contributed by atoms with Gasteiger partial charge in [0.25, 0.3) is 11.8 Å². The molecule has 0 aliphatic carbocycles. The molecule has 1 aliphatic rings. The summed E-state index contributed by atoms with van der Waals surface area (Å²) in [6, 6.07) is 18.8. The van der Waals surface area contributed by atoms with Crippen LogP contribution in [0.15, 0.2) is 60.7 Å². The number of benzene rings is 3. The highest BCUT2D eigenvalue weighted by Crippen LogP contribution is 2.29. The summed E-state index contributed by atoms with van der Waals surface area (Å²) in [5.41, 5.74) is 1.78. The number of hydrogen-bond donors (Lipinski definition) is 1. The number of nitrogens with one attached hydrogen (secondary N) is 1. The van der Waals surface area contributed by atoms with Crippen LogP contribution in [0, 0.1) is 11.3 Å². The Balaban J connectivity index is 1.59. The number of amides is 3. The summed E-state index contributed by atoms with van der Waals surface area (Å²) >= 11 is 0. The molecule has 6 heteroatoms. The smallest absolute Gasteiger partial charge is 0.261 e. The van der Waals surface area contributed by atoms with Crippen LogP contribution in [0.4, 0.5) is 5.69 Å². The predicted octanol–water partition coefficient (Wildman–Crippen LogP) is 2.95. The van der Waals surface area contributed by atoms with Crippen molar-refractivity contribution in [3.05, 3.63) is 77.4 Å². The largest absolute Gasteiger partial charge is 0.325 e. The molecule has 3 aromatic rings. The van der Waals surface area contributed by atoms with Gasteiger partial charge in [-0.1, -0.05) is 24.3 Å². The lowest BCUT2D eigenvalue weighted by Crippen LogP contribution is -2.44. The van der Waals surface area contributed by atoms with E-state index in [0.29, 0.717) is 27.8 Å². The molecule has 27 heavy (non-hydrogen) atoms. The van der Waals surface area contributed by atoms with E-state index in [4.69, 9.17) is 5.26 Å². The minimum absolute atomic E-state index is 0.387. The van der Waals surface area contributed by atoms with Crippen LogP contribution in [0.3, 0.4) is 0 Å². The van der Waals surface area contributed by atoms with Gasteiger partial charge in [-0.2, -0.15) is 5.26 Å². The first-order valence-electron chi connectivity index (χ1n) is 8.26. The van der Waals surface area contributed by atoms with E-state index in [0.717, 1.165) is 10.3 Å². The van der Waals surface area contributed by atoms with Crippen molar-refractivity contribution in [1.29, 1.82) is 5.26 Å². The summed E-state index contributed by atoms with van der Waals surface area (Å²) in [7, 11) is 0.